The molecule has 1 fully saturated rings. The monoisotopic (exact) mass is 420 g/mol. The quantitative estimate of drug-likeness (QED) is 0.780. The summed E-state index contributed by atoms with van der Waals surface area (Å²) in [5.74, 6) is -0.506. The smallest absolute Gasteiger partial charge is 0.352 e. The molecule has 1 atom stereocenters. The van der Waals surface area contributed by atoms with Gasteiger partial charge in [0.05, 0.1) is 17.5 Å². The van der Waals surface area contributed by atoms with E-state index in [1.807, 2.05) is 0 Å². The Bertz CT molecular complexity index is 773. The van der Waals surface area contributed by atoms with Gasteiger partial charge in [-0.1, -0.05) is 38.2 Å². The highest BCUT2D eigenvalue weighted by molar-refractivity contribution is 7.92. The molecule has 1 aliphatic rings. The highest BCUT2D eigenvalue weighted by atomic mass is 32.2. The Morgan fingerprint density at radius 3 is 2.25 bits per heavy atom. The number of hydrogen-bond acceptors (Lipinski definition) is 3. The zero-order chi connectivity index (χ0) is 20.9. The molecule has 0 radical (unpaired) electrons. The van der Waals surface area contributed by atoms with Crippen molar-refractivity contribution in [2.24, 2.45) is 0 Å². The van der Waals surface area contributed by atoms with Crippen LogP contribution < -0.4 is 9.62 Å². The van der Waals surface area contributed by atoms with Gasteiger partial charge in [0.15, 0.2) is 0 Å². The third kappa shape index (κ3) is 6.12. The van der Waals surface area contributed by atoms with Crippen LogP contribution in [0.3, 0.4) is 0 Å². The van der Waals surface area contributed by atoms with Gasteiger partial charge in [-0.2, -0.15) is 13.2 Å². The summed E-state index contributed by atoms with van der Waals surface area (Å²) in [5.41, 5.74) is -1.15. The summed E-state index contributed by atoms with van der Waals surface area (Å²) < 4.78 is 64.4. The zero-order valence-corrected chi connectivity index (χ0v) is 16.9. The van der Waals surface area contributed by atoms with Crippen LogP contribution in [-0.4, -0.2) is 32.7 Å². The molecule has 1 N–H and O–H groups in total. The Balaban J connectivity index is 2.24. The molecule has 158 valence electrons. The second-order valence-corrected chi connectivity index (χ2v) is 9.19. The van der Waals surface area contributed by atoms with Gasteiger partial charge in [0.1, 0.15) is 6.04 Å². The fourth-order valence-electron chi connectivity index (χ4n) is 3.55. The molecule has 28 heavy (non-hydrogen) atoms. The molecular formula is C19H27F3N2O3S. The number of nitrogens with one attached hydrogen (secondary N) is 1. The molecule has 1 aromatic rings. The number of carbonyl (C=O) groups is 1. The first-order valence-electron chi connectivity index (χ1n) is 9.47. The number of alkyl halides is 3. The average molecular weight is 420 g/mol. The minimum absolute atomic E-state index is 0.0434. The first-order chi connectivity index (χ1) is 13.0. The second-order valence-electron chi connectivity index (χ2n) is 7.33. The van der Waals surface area contributed by atoms with Crippen molar-refractivity contribution in [1.82, 2.24) is 5.32 Å². The van der Waals surface area contributed by atoms with Gasteiger partial charge in [0.25, 0.3) is 0 Å². The van der Waals surface area contributed by atoms with Crippen LogP contribution in [0, 0.1) is 0 Å². The molecule has 5 nitrogen and oxygen atoms in total. The molecule has 0 saturated heterocycles. The van der Waals surface area contributed by atoms with E-state index in [9.17, 15) is 26.4 Å². The Morgan fingerprint density at radius 2 is 1.71 bits per heavy atom. The fourth-order valence-corrected chi connectivity index (χ4v) is 4.72. The number of anilines is 1. The number of nitrogens with zero attached hydrogens (tertiary/aromatic N) is 1. The summed E-state index contributed by atoms with van der Waals surface area (Å²) in [4.78, 5) is 12.7. The van der Waals surface area contributed by atoms with Gasteiger partial charge in [0, 0.05) is 6.04 Å². The number of benzene rings is 1. The van der Waals surface area contributed by atoms with E-state index in [1.165, 1.54) is 19.4 Å². The molecule has 9 heteroatoms. The van der Waals surface area contributed by atoms with E-state index < -0.39 is 33.7 Å². The molecule has 0 bridgehead atoms. The second kappa shape index (κ2) is 9.15. The molecule has 0 aliphatic heterocycles. The number of amides is 1. The summed E-state index contributed by atoms with van der Waals surface area (Å²) in [7, 11) is -3.97. The predicted molar refractivity (Wildman–Crippen MR) is 102 cm³/mol. The first kappa shape index (κ1) is 22.5. The Labute approximate surface area is 164 Å². The molecule has 2 rings (SSSR count). The topological polar surface area (TPSA) is 66.5 Å². The summed E-state index contributed by atoms with van der Waals surface area (Å²) in [6.07, 6.45) is 3.27. The standard InChI is InChI=1S/C19H27F3N2O3S/c1-14(18(25)23-16-10-6-4-3-5-7-11-16)24(28(2,26)27)17-12-8-9-15(13-17)19(20,21)22/h8-9,12-14,16H,3-7,10-11H2,1-2H3,(H,23,25)/t14-/m1/s1. The van der Waals surface area contributed by atoms with Gasteiger partial charge >= 0.3 is 6.18 Å². The third-order valence-electron chi connectivity index (χ3n) is 4.97. The van der Waals surface area contributed by atoms with Crippen LogP contribution in [0.2, 0.25) is 0 Å². The van der Waals surface area contributed by atoms with Crippen LogP contribution in [0.15, 0.2) is 24.3 Å². The van der Waals surface area contributed by atoms with Gasteiger partial charge < -0.3 is 5.32 Å². The number of rotatable bonds is 5. The van der Waals surface area contributed by atoms with Crippen LogP contribution in [0.25, 0.3) is 0 Å². The SMILES string of the molecule is C[C@H](C(=O)NC1CCCCCCC1)N(c1cccc(C(F)(F)F)c1)S(C)(=O)=O. The highest BCUT2D eigenvalue weighted by Gasteiger charge is 2.34. The maximum atomic E-state index is 13.0. The van der Waals surface area contributed by atoms with Gasteiger partial charge in [-0.15, -0.1) is 0 Å². The molecule has 1 aliphatic carbocycles. The number of halogens is 3. The minimum Gasteiger partial charge on any atom is -0.352 e. The maximum absolute atomic E-state index is 13.0. The fraction of sp³-hybridized carbons (Fsp3) is 0.632. The lowest BCUT2D eigenvalue weighted by Crippen LogP contribution is -2.50. The molecule has 0 spiro atoms. The molecule has 0 unspecified atom stereocenters. The summed E-state index contributed by atoms with van der Waals surface area (Å²) in [6.45, 7) is 1.39. The van der Waals surface area contributed by atoms with Crippen molar-refractivity contribution in [2.75, 3.05) is 10.6 Å². The molecule has 1 saturated carbocycles. The molecular weight excluding hydrogens is 393 g/mol. The Kier molecular flexibility index (Phi) is 7.36. The lowest BCUT2D eigenvalue weighted by molar-refractivity contribution is -0.137. The highest BCUT2D eigenvalue weighted by Crippen LogP contribution is 2.33. The average Bonchev–Trinajstić information content (AvgIpc) is 2.55. The van der Waals surface area contributed by atoms with Gasteiger partial charge in [-0.05, 0) is 38.0 Å². The lowest BCUT2D eigenvalue weighted by Gasteiger charge is -2.30. The van der Waals surface area contributed by atoms with Gasteiger partial charge in [-0.3, -0.25) is 9.10 Å². The van der Waals surface area contributed by atoms with Crippen LogP contribution in [0.1, 0.15) is 57.4 Å². The van der Waals surface area contributed by atoms with Crippen molar-refractivity contribution in [3.8, 4) is 0 Å². The first-order valence-corrected chi connectivity index (χ1v) is 11.3. The van der Waals surface area contributed by atoms with Crippen molar-refractivity contribution < 1.29 is 26.4 Å². The van der Waals surface area contributed by atoms with Crippen LogP contribution >= 0.6 is 0 Å². The number of carbonyl (C=O) groups excluding carboxylic acids is 1. The predicted octanol–water partition coefficient (Wildman–Crippen LogP) is 4.09. The summed E-state index contributed by atoms with van der Waals surface area (Å²) in [6, 6.07) is 2.80. The van der Waals surface area contributed by atoms with Crippen molar-refractivity contribution in [2.45, 2.75) is 70.1 Å². The van der Waals surface area contributed by atoms with Gasteiger partial charge in [0.2, 0.25) is 15.9 Å². The van der Waals surface area contributed by atoms with Crippen molar-refractivity contribution in [1.29, 1.82) is 0 Å². The summed E-state index contributed by atoms with van der Waals surface area (Å²) in [5, 5.41) is 2.89. The van der Waals surface area contributed by atoms with E-state index in [4.69, 9.17) is 0 Å². The number of hydrogen-bond donors (Lipinski definition) is 1. The normalized spacial score (nSPS) is 18.0. The van der Waals surface area contributed by atoms with E-state index in [0.29, 0.717) is 0 Å². The molecule has 0 heterocycles. The third-order valence-corrected chi connectivity index (χ3v) is 6.21. The van der Waals surface area contributed by atoms with E-state index in [0.717, 1.165) is 67.3 Å². The molecule has 1 amide bonds. The molecule has 1 aromatic carbocycles. The van der Waals surface area contributed by atoms with E-state index >= 15 is 0 Å². The van der Waals surface area contributed by atoms with E-state index in [2.05, 4.69) is 5.32 Å². The van der Waals surface area contributed by atoms with Crippen LogP contribution in [0.5, 0.6) is 0 Å². The summed E-state index contributed by atoms with van der Waals surface area (Å²) >= 11 is 0. The van der Waals surface area contributed by atoms with E-state index in [-0.39, 0.29) is 11.7 Å². The van der Waals surface area contributed by atoms with Crippen molar-refractivity contribution in [3.63, 3.8) is 0 Å². The zero-order valence-electron chi connectivity index (χ0n) is 16.1. The Morgan fingerprint density at radius 1 is 1.14 bits per heavy atom. The van der Waals surface area contributed by atoms with Crippen LogP contribution in [0.4, 0.5) is 18.9 Å². The molecule has 0 aromatic heterocycles. The lowest BCUT2D eigenvalue weighted by atomic mass is 9.96. The van der Waals surface area contributed by atoms with Crippen molar-refractivity contribution in [3.05, 3.63) is 29.8 Å². The number of sulfonamides is 1. The largest absolute Gasteiger partial charge is 0.416 e. The minimum atomic E-state index is -4.61. The maximum Gasteiger partial charge on any atom is 0.416 e. The van der Waals surface area contributed by atoms with Crippen LogP contribution in [-0.2, 0) is 21.0 Å². The van der Waals surface area contributed by atoms with Crippen molar-refractivity contribution >= 4 is 21.6 Å². The van der Waals surface area contributed by atoms with Gasteiger partial charge in [-0.25, -0.2) is 8.42 Å². The van der Waals surface area contributed by atoms with E-state index in [1.54, 1.807) is 0 Å². The Hall–Kier alpha value is -1.77.